The van der Waals surface area contributed by atoms with E-state index in [1.54, 1.807) is 0 Å². The van der Waals surface area contributed by atoms with Crippen LogP contribution in [0.2, 0.25) is 0 Å². The fraction of sp³-hybridized carbons (Fsp3) is 0.667. The zero-order valence-electron chi connectivity index (χ0n) is 14.5. The quantitative estimate of drug-likeness (QED) is 0.329. The van der Waals surface area contributed by atoms with Crippen molar-refractivity contribution in [3.05, 3.63) is 29.8 Å². The third-order valence-electron chi connectivity index (χ3n) is 4.86. The molecular weight excluding hydrogens is 359 g/mol. The number of hydrogen-bond acceptors (Lipinski definition) is 1. The molecule has 2 rings (SSSR count). The van der Waals surface area contributed by atoms with Crippen molar-refractivity contribution in [3.8, 4) is 0 Å². The van der Waals surface area contributed by atoms with E-state index in [0.717, 1.165) is 51.6 Å². The number of aryl methyl sites for hydroxylation is 1. The molecule has 0 aliphatic heterocycles. The van der Waals surface area contributed by atoms with Gasteiger partial charge in [0, 0.05) is 6.61 Å². The molecule has 1 saturated carbocycles. The van der Waals surface area contributed by atoms with Crippen LogP contribution in [0.25, 0.3) is 0 Å². The fourth-order valence-corrected chi connectivity index (χ4v) is 3.92. The molecule has 0 amide bonds. The molecule has 0 saturated heterocycles. The lowest BCUT2D eigenvalue weighted by atomic mass is 9.84. The SMILES string of the molecule is CCCCO[C@H]1CC[C@H](CCc2ccc(S(F)(F)(F)(F)F)cc2)CC1. The molecule has 1 aliphatic rings. The van der Waals surface area contributed by atoms with E-state index in [0.29, 0.717) is 36.1 Å². The monoisotopic (exact) mass is 386 g/mol. The molecule has 1 aromatic rings. The first kappa shape index (κ1) is 20.5. The average Bonchev–Trinajstić information content (AvgIpc) is 2.53. The highest BCUT2D eigenvalue weighted by Gasteiger charge is 2.65. The highest BCUT2D eigenvalue weighted by Crippen LogP contribution is 3.02. The van der Waals surface area contributed by atoms with Gasteiger partial charge < -0.3 is 4.74 Å². The van der Waals surface area contributed by atoms with Gasteiger partial charge in [-0.1, -0.05) is 44.9 Å². The number of hydrogen-bond donors (Lipinski definition) is 0. The summed E-state index contributed by atoms with van der Waals surface area (Å²) in [7, 11) is -9.55. The zero-order valence-corrected chi connectivity index (χ0v) is 15.4. The Morgan fingerprint density at radius 2 is 1.56 bits per heavy atom. The lowest BCUT2D eigenvalue weighted by Crippen LogP contribution is -2.22. The highest BCUT2D eigenvalue weighted by molar-refractivity contribution is 8.45. The second kappa shape index (κ2) is 7.06. The van der Waals surface area contributed by atoms with Crippen molar-refractivity contribution < 1.29 is 24.2 Å². The van der Waals surface area contributed by atoms with E-state index in [9.17, 15) is 19.4 Å². The van der Waals surface area contributed by atoms with Gasteiger partial charge in [-0.15, -0.1) is 0 Å². The molecule has 146 valence electrons. The lowest BCUT2D eigenvalue weighted by molar-refractivity contribution is 0.0159. The summed E-state index contributed by atoms with van der Waals surface area (Å²) in [5, 5.41) is 0. The van der Waals surface area contributed by atoms with Crippen LogP contribution in [0.3, 0.4) is 0 Å². The van der Waals surface area contributed by atoms with Crippen molar-refractivity contribution in [3.63, 3.8) is 0 Å². The Kier molecular flexibility index (Phi) is 5.79. The molecule has 0 bridgehead atoms. The van der Waals surface area contributed by atoms with Crippen LogP contribution in [0.5, 0.6) is 0 Å². The molecule has 0 atom stereocenters. The van der Waals surface area contributed by atoms with E-state index >= 15 is 0 Å². The third kappa shape index (κ3) is 6.77. The van der Waals surface area contributed by atoms with E-state index in [4.69, 9.17) is 4.74 Å². The molecule has 0 N–H and O–H groups in total. The largest absolute Gasteiger partial charge is 0.378 e. The normalized spacial score (nSPS) is 24.6. The van der Waals surface area contributed by atoms with Crippen LogP contribution in [-0.4, -0.2) is 12.7 Å². The van der Waals surface area contributed by atoms with Crippen LogP contribution in [0, 0.1) is 5.92 Å². The van der Waals surface area contributed by atoms with Crippen LogP contribution in [0.4, 0.5) is 19.4 Å². The van der Waals surface area contributed by atoms with Gasteiger partial charge in [0.05, 0.1) is 6.10 Å². The molecule has 1 aromatic carbocycles. The Morgan fingerprint density at radius 3 is 2.08 bits per heavy atom. The average molecular weight is 386 g/mol. The standard InChI is InChI=1S/C18H27F5OS/c1-2-3-14-24-17-10-6-15(7-11-17)4-5-16-8-12-18(13-9-16)25(19,20,21,22)23/h8-9,12-13,15,17H,2-7,10-11,14H2,1H3/t15-,17-. The van der Waals surface area contributed by atoms with Gasteiger partial charge in [0.1, 0.15) is 4.90 Å². The molecule has 0 aromatic heterocycles. The van der Waals surface area contributed by atoms with Crippen molar-refractivity contribution in [2.24, 2.45) is 5.92 Å². The Balaban J connectivity index is 1.78. The first-order valence-electron chi connectivity index (χ1n) is 8.92. The summed E-state index contributed by atoms with van der Waals surface area (Å²) in [6.45, 7) is 2.94. The van der Waals surface area contributed by atoms with Gasteiger partial charge in [-0.2, -0.15) is 0 Å². The number of ether oxygens (including phenoxy) is 1. The number of rotatable bonds is 8. The Bertz CT molecular complexity index is 547. The van der Waals surface area contributed by atoms with E-state index < -0.39 is 15.1 Å². The summed E-state index contributed by atoms with van der Waals surface area (Å²) in [6, 6.07) is 3.37. The second-order valence-electron chi connectivity index (χ2n) is 7.02. The zero-order chi connectivity index (χ0) is 18.6. The molecule has 0 spiro atoms. The first-order valence-corrected chi connectivity index (χ1v) is 10.9. The molecule has 0 radical (unpaired) electrons. The van der Waals surface area contributed by atoms with E-state index in [1.165, 1.54) is 12.1 Å². The number of unbranched alkanes of at least 4 members (excludes halogenated alkanes) is 1. The predicted octanol–water partition coefficient (Wildman–Crippen LogP) is 7.65. The second-order valence-corrected chi connectivity index (χ2v) is 9.43. The van der Waals surface area contributed by atoms with E-state index in [-0.39, 0.29) is 0 Å². The molecule has 0 unspecified atom stereocenters. The maximum absolute atomic E-state index is 12.7. The molecule has 7 heteroatoms. The van der Waals surface area contributed by atoms with Gasteiger partial charge in [0.2, 0.25) is 0 Å². The Hall–Kier alpha value is -0.820. The van der Waals surface area contributed by atoms with Crippen LogP contribution < -0.4 is 0 Å². The third-order valence-corrected chi connectivity index (χ3v) is 6.02. The van der Waals surface area contributed by atoms with E-state index in [2.05, 4.69) is 6.92 Å². The summed E-state index contributed by atoms with van der Waals surface area (Å²) in [5.41, 5.74) is 0.673. The number of halogens is 5. The summed E-state index contributed by atoms with van der Waals surface area (Å²) in [6.07, 6.45) is 8.18. The smallest absolute Gasteiger partial charge is 0.310 e. The molecule has 1 nitrogen and oxygen atoms in total. The van der Waals surface area contributed by atoms with Gasteiger partial charge >= 0.3 is 10.2 Å². The first-order chi connectivity index (χ1) is 11.5. The van der Waals surface area contributed by atoms with Crippen LogP contribution in [0.15, 0.2) is 29.2 Å². The van der Waals surface area contributed by atoms with Crippen molar-refractivity contribution in [1.82, 2.24) is 0 Å². The minimum absolute atomic E-state index is 0.333. The summed E-state index contributed by atoms with van der Waals surface area (Å²) in [5.74, 6) is 0.529. The van der Waals surface area contributed by atoms with Crippen molar-refractivity contribution >= 4 is 10.2 Å². The Labute approximate surface area is 146 Å². The van der Waals surface area contributed by atoms with Crippen LogP contribution >= 0.6 is 10.2 Å². The summed E-state index contributed by atoms with van der Waals surface area (Å²) in [4.78, 5) is -1.81. The molecule has 25 heavy (non-hydrogen) atoms. The minimum atomic E-state index is -9.55. The van der Waals surface area contributed by atoms with Crippen molar-refractivity contribution in [2.45, 2.75) is 69.3 Å². The Morgan fingerprint density at radius 1 is 0.960 bits per heavy atom. The molecular formula is C18H27F5OS. The predicted molar refractivity (Wildman–Crippen MR) is 92.8 cm³/mol. The molecule has 1 aliphatic carbocycles. The van der Waals surface area contributed by atoms with Crippen molar-refractivity contribution in [2.75, 3.05) is 6.61 Å². The number of benzene rings is 1. The van der Waals surface area contributed by atoms with Crippen LogP contribution in [-0.2, 0) is 11.2 Å². The van der Waals surface area contributed by atoms with E-state index in [1.807, 2.05) is 0 Å². The topological polar surface area (TPSA) is 9.23 Å². The maximum atomic E-state index is 12.7. The molecule has 0 heterocycles. The highest BCUT2D eigenvalue weighted by atomic mass is 32.5. The van der Waals surface area contributed by atoms with Gasteiger partial charge in [0.25, 0.3) is 0 Å². The van der Waals surface area contributed by atoms with Gasteiger partial charge in [-0.25, -0.2) is 0 Å². The van der Waals surface area contributed by atoms with Gasteiger partial charge in [0.15, 0.2) is 0 Å². The maximum Gasteiger partial charge on any atom is 0.310 e. The van der Waals surface area contributed by atoms with Crippen molar-refractivity contribution in [1.29, 1.82) is 0 Å². The minimum Gasteiger partial charge on any atom is -0.378 e. The van der Waals surface area contributed by atoms with Gasteiger partial charge in [-0.3, -0.25) is 0 Å². The summed E-state index contributed by atoms with van der Waals surface area (Å²) < 4.78 is 69.3. The van der Waals surface area contributed by atoms with Crippen LogP contribution in [0.1, 0.15) is 57.4 Å². The fourth-order valence-electron chi connectivity index (χ4n) is 3.27. The molecule has 1 fully saturated rings. The lowest BCUT2D eigenvalue weighted by Gasteiger charge is -2.40. The van der Waals surface area contributed by atoms with Gasteiger partial charge in [-0.05, 0) is 68.6 Å². The summed E-state index contributed by atoms with van der Waals surface area (Å²) >= 11 is 0.